The lowest BCUT2D eigenvalue weighted by atomic mass is 9.79. The quantitative estimate of drug-likeness (QED) is 0.396. The van der Waals surface area contributed by atoms with Gasteiger partial charge in [0, 0.05) is 44.4 Å². The fourth-order valence-electron chi connectivity index (χ4n) is 3.55. The summed E-state index contributed by atoms with van der Waals surface area (Å²) in [6.45, 7) is 7.92. The zero-order valence-electron chi connectivity index (χ0n) is 14.9. The number of carbonyl (C=O) groups is 1. The molecule has 0 saturated carbocycles. The number of rotatable bonds is 4. The van der Waals surface area contributed by atoms with Crippen molar-refractivity contribution in [3.63, 3.8) is 0 Å². The lowest BCUT2D eigenvalue weighted by Crippen LogP contribution is -2.51. The van der Waals surface area contributed by atoms with Crippen LogP contribution in [0.3, 0.4) is 0 Å². The molecule has 8 nitrogen and oxygen atoms in total. The molecule has 0 radical (unpaired) electrons. The molecule has 0 aromatic carbocycles. The summed E-state index contributed by atoms with van der Waals surface area (Å²) in [5.41, 5.74) is 0.0646. The van der Waals surface area contributed by atoms with Crippen LogP contribution in [0.2, 0.25) is 0 Å². The van der Waals surface area contributed by atoms with Crippen molar-refractivity contribution in [1.82, 2.24) is 25.7 Å². The van der Waals surface area contributed by atoms with Gasteiger partial charge in [-0.25, -0.2) is 0 Å². The summed E-state index contributed by atoms with van der Waals surface area (Å²) in [5.74, 6) is 2.35. The summed E-state index contributed by atoms with van der Waals surface area (Å²) in [6, 6.07) is 0. The van der Waals surface area contributed by atoms with E-state index in [4.69, 9.17) is 9.52 Å². The number of halogens is 1. The van der Waals surface area contributed by atoms with Crippen LogP contribution in [0.25, 0.3) is 0 Å². The number of nitrogens with one attached hydrogen (secondary N) is 2. The third-order valence-electron chi connectivity index (χ3n) is 4.65. The number of likely N-dealkylation sites (tertiary alicyclic amines) is 1. The van der Waals surface area contributed by atoms with Crippen LogP contribution in [0.15, 0.2) is 9.52 Å². The summed E-state index contributed by atoms with van der Waals surface area (Å²) in [4.78, 5) is 22.9. The largest absolute Gasteiger partial charge is 0.357 e. The molecule has 2 fully saturated rings. The van der Waals surface area contributed by atoms with Gasteiger partial charge in [0.25, 0.3) is 0 Å². The van der Waals surface area contributed by atoms with Gasteiger partial charge in [-0.3, -0.25) is 9.79 Å². The number of guanidine groups is 1. The Bertz CT molecular complexity index is 620. The van der Waals surface area contributed by atoms with Gasteiger partial charge in [0.1, 0.15) is 0 Å². The Labute approximate surface area is 165 Å². The third kappa shape index (κ3) is 5.05. The van der Waals surface area contributed by atoms with Crippen molar-refractivity contribution in [2.75, 3.05) is 32.7 Å². The molecule has 25 heavy (non-hydrogen) atoms. The second-order valence-electron chi connectivity index (χ2n) is 6.70. The number of hydrogen-bond donors (Lipinski definition) is 2. The zero-order chi connectivity index (χ0) is 17.0. The topological polar surface area (TPSA) is 95.7 Å². The molecule has 1 aromatic heterocycles. The number of aliphatic imine (C=N–C) groups is 1. The normalized spacial score (nSPS) is 23.5. The zero-order valence-corrected chi connectivity index (χ0v) is 17.2. The van der Waals surface area contributed by atoms with Crippen molar-refractivity contribution in [2.24, 2.45) is 10.4 Å². The summed E-state index contributed by atoms with van der Waals surface area (Å²) in [7, 11) is 0. The van der Waals surface area contributed by atoms with Gasteiger partial charge in [0.05, 0.1) is 6.54 Å². The lowest BCUT2D eigenvalue weighted by Gasteiger charge is -2.40. The van der Waals surface area contributed by atoms with E-state index in [1.165, 1.54) is 0 Å². The molecule has 1 atom stereocenters. The highest BCUT2D eigenvalue weighted by Crippen LogP contribution is 2.35. The van der Waals surface area contributed by atoms with Gasteiger partial charge >= 0.3 is 0 Å². The molecule has 1 amide bonds. The molecule has 140 valence electrons. The number of hydrogen-bond acceptors (Lipinski definition) is 5. The van der Waals surface area contributed by atoms with Crippen LogP contribution in [0.1, 0.15) is 37.9 Å². The minimum Gasteiger partial charge on any atom is -0.357 e. The van der Waals surface area contributed by atoms with Crippen molar-refractivity contribution < 1.29 is 9.32 Å². The first kappa shape index (κ1) is 19.9. The summed E-state index contributed by atoms with van der Waals surface area (Å²) >= 11 is 0. The first-order valence-corrected chi connectivity index (χ1v) is 8.69. The molecule has 1 unspecified atom stereocenters. The van der Waals surface area contributed by atoms with E-state index in [0.717, 1.165) is 45.0 Å². The molecule has 3 heterocycles. The first-order valence-electron chi connectivity index (χ1n) is 8.69. The van der Waals surface area contributed by atoms with Gasteiger partial charge < -0.3 is 20.1 Å². The summed E-state index contributed by atoms with van der Waals surface area (Å²) in [5, 5.41) is 10.1. The van der Waals surface area contributed by atoms with E-state index in [-0.39, 0.29) is 35.3 Å². The number of amides is 1. The highest BCUT2D eigenvalue weighted by atomic mass is 127. The van der Waals surface area contributed by atoms with Crippen LogP contribution >= 0.6 is 24.0 Å². The Hall–Kier alpha value is -1.39. The molecule has 0 bridgehead atoms. The van der Waals surface area contributed by atoms with E-state index in [0.29, 0.717) is 31.1 Å². The van der Waals surface area contributed by atoms with E-state index in [1.54, 1.807) is 0 Å². The van der Waals surface area contributed by atoms with Crippen molar-refractivity contribution >= 4 is 35.8 Å². The molecule has 9 heteroatoms. The van der Waals surface area contributed by atoms with Crippen LogP contribution in [0.4, 0.5) is 0 Å². The Morgan fingerprint density at radius 2 is 2.36 bits per heavy atom. The van der Waals surface area contributed by atoms with E-state index in [9.17, 15) is 4.79 Å². The van der Waals surface area contributed by atoms with Crippen LogP contribution in [0, 0.1) is 12.3 Å². The maximum Gasteiger partial charge on any atom is 0.228 e. The van der Waals surface area contributed by atoms with Crippen molar-refractivity contribution in [3.8, 4) is 0 Å². The van der Waals surface area contributed by atoms with Crippen molar-refractivity contribution in [3.05, 3.63) is 11.7 Å². The molecular weight excluding hydrogens is 435 g/mol. The Morgan fingerprint density at radius 1 is 1.52 bits per heavy atom. The predicted molar refractivity (Wildman–Crippen MR) is 105 cm³/mol. The molecule has 0 aliphatic carbocycles. The van der Waals surface area contributed by atoms with E-state index >= 15 is 0 Å². The highest BCUT2D eigenvalue weighted by molar-refractivity contribution is 14.0. The number of aromatic nitrogens is 2. The fourth-order valence-corrected chi connectivity index (χ4v) is 3.55. The molecule has 3 rings (SSSR count). The Kier molecular flexibility index (Phi) is 7.03. The maximum absolute atomic E-state index is 11.7. The monoisotopic (exact) mass is 462 g/mol. The maximum atomic E-state index is 11.7. The molecule has 1 aromatic rings. The molecule has 2 saturated heterocycles. The minimum absolute atomic E-state index is 0. The van der Waals surface area contributed by atoms with Gasteiger partial charge in [-0.05, 0) is 26.7 Å². The first-order chi connectivity index (χ1) is 11.6. The molecule has 2 N–H and O–H groups in total. The lowest BCUT2D eigenvalue weighted by molar-refractivity contribution is -0.119. The fraction of sp³-hybridized carbons (Fsp3) is 0.750. The Morgan fingerprint density at radius 3 is 3.00 bits per heavy atom. The second kappa shape index (κ2) is 8.81. The van der Waals surface area contributed by atoms with Gasteiger partial charge in [0.15, 0.2) is 11.8 Å². The molecular formula is C16H27IN6O2. The third-order valence-corrected chi connectivity index (χ3v) is 4.65. The van der Waals surface area contributed by atoms with Gasteiger partial charge in [0.2, 0.25) is 11.8 Å². The highest BCUT2D eigenvalue weighted by Gasteiger charge is 2.42. The smallest absolute Gasteiger partial charge is 0.228 e. The molecule has 2 aliphatic rings. The molecule has 1 spiro atoms. The van der Waals surface area contributed by atoms with Crippen LogP contribution in [-0.2, 0) is 11.2 Å². The van der Waals surface area contributed by atoms with Crippen LogP contribution < -0.4 is 10.6 Å². The second-order valence-corrected chi connectivity index (χ2v) is 6.70. The minimum atomic E-state index is 0. The molecule has 2 aliphatic heterocycles. The van der Waals surface area contributed by atoms with Crippen molar-refractivity contribution in [2.45, 2.75) is 39.5 Å². The summed E-state index contributed by atoms with van der Waals surface area (Å²) < 4.78 is 5.13. The number of piperidine rings is 1. The Balaban J connectivity index is 0.00000225. The van der Waals surface area contributed by atoms with Gasteiger partial charge in [-0.1, -0.05) is 5.16 Å². The van der Waals surface area contributed by atoms with Gasteiger partial charge in [-0.2, -0.15) is 4.98 Å². The van der Waals surface area contributed by atoms with Crippen molar-refractivity contribution in [1.29, 1.82) is 0 Å². The summed E-state index contributed by atoms with van der Waals surface area (Å²) in [6.07, 6.45) is 3.45. The number of carbonyl (C=O) groups excluding carboxylic acids is 1. The average Bonchev–Trinajstić information content (AvgIpc) is 3.13. The van der Waals surface area contributed by atoms with Crippen LogP contribution in [-0.4, -0.2) is 59.6 Å². The average molecular weight is 462 g/mol. The van der Waals surface area contributed by atoms with E-state index in [1.807, 2.05) is 6.92 Å². The van der Waals surface area contributed by atoms with E-state index in [2.05, 4.69) is 32.6 Å². The van der Waals surface area contributed by atoms with Crippen LogP contribution in [0.5, 0.6) is 0 Å². The predicted octanol–water partition coefficient (Wildman–Crippen LogP) is 1.11. The van der Waals surface area contributed by atoms with Gasteiger partial charge in [-0.15, -0.1) is 24.0 Å². The van der Waals surface area contributed by atoms with E-state index < -0.39 is 0 Å². The SMILES string of the molecule is CCNC(=NCCc1nc(C)no1)N1CCCC2(CNC(=O)C2)C1.I. The standard InChI is InChI=1S/C16H26N6O2.HI/c1-3-17-15(18-7-5-14-20-12(2)21-24-14)22-8-4-6-16(11-22)9-13(23)19-10-16;/h3-11H2,1-2H3,(H,17,18)(H,19,23);1H. The number of nitrogens with zero attached hydrogens (tertiary/aromatic N) is 4. The number of aryl methyl sites for hydroxylation is 1.